The first-order chi connectivity index (χ1) is 16.5. The summed E-state index contributed by atoms with van der Waals surface area (Å²) in [5.74, 6) is 0.0572. The highest BCUT2D eigenvalue weighted by Gasteiger charge is 2.20. The summed E-state index contributed by atoms with van der Waals surface area (Å²) in [4.78, 5) is 20.9. The molecule has 0 atom stereocenters. The Hall–Kier alpha value is -4.36. The van der Waals surface area contributed by atoms with Gasteiger partial charge in [-0.15, -0.1) is 0 Å². The Kier molecular flexibility index (Phi) is 4.53. The van der Waals surface area contributed by atoms with Crippen molar-refractivity contribution < 1.29 is 4.79 Å². The van der Waals surface area contributed by atoms with E-state index in [2.05, 4.69) is 15.1 Å². The van der Waals surface area contributed by atoms with Crippen molar-refractivity contribution in [1.29, 1.82) is 0 Å². The molecule has 0 aliphatic heterocycles. The number of ketones is 1. The number of aromatic nitrogens is 5. The topological polar surface area (TPSA) is 94.5 Å². The van der Waals surface area contributed by atoms with Gasteiger partial charge < -0.3 is 15.3 Å². The first-order valence-corrected chi connectivity index (χ1v) is 11.0. The number of imidazole rings is 1. The molecule has 0 radical (unpaired) electrons. The second-order valence-corrected chi connectivity index (χ2v) is 8.64. The lowest BCUT2D eigenvalue weighted by Crippen LogP contribution is -2.07. The number of nitrogens with two attached hydrogens (primary N) is 1. The zero-order valence-corrected chi connectivity index (χ0v) is 18.9. The lowest BCUT2D eigenvalue weighted by molar-refractivity contribution is 0.103. The van der Waals surface area contributed by atoms with Crippen LogP contribution in [0.25, 0.3) is 38.8 Å². The minimum atomic E-state index is -0.219. The number of H-pyrrole nitrogens is 1. The van der Waals surface area contributed by atoms with Gasteiger partial charge >= 0.3 is 0 Å². The number of aromatic amines is 1. The Morgan fingerprint density at radius 3 is 2.74 bits per heavy atom. The molecule has 3 aromatic carbocycles. The van der Waals surface area contributed by atoms with Crippen LogP contribution in [0.1, 0.15) is 16.1 Å². The number of halogens is 1. The van der Waals surface area contributed by atoms with E-state index in [0.717, 1.165) is 38.8 Å². The van der Waals surface area contributed by atoms with Crippen molar-refractivity contribution in [2.75, 3.05) is 5.73 Å². The van der Waals surface area contributed by atoms with Crippen LogP contribution in [0.4, 0.5) is 5.82 Å². The predicted octanol–water partition coefficient (Wildman–Crippen LogP) is 5.37. The van der Waals surface area contributed by atoms with E-state index in [1.54, 1.807) is 11.0 Å². The van der Waals surface area contributed by atoms with Crippen molar-refractivity contribution in [2.24, 2.45) is 7.05 Å². The average Bonchev–Trinajstić information content (AvgIpc) is 3.54. The van der Waals surface area contributed by atoms with Gasteiger partial charge in [-0.25, -0.2) is 9.67 Å². The molecule has 0 amide bonds. The summed E-state index contributed by atoms with van der Waals surface area (Å²) < 4.78 is 3.50. The average molecular weight is 467 g/mol. The molecule has 34 heavy (non-hydrogen) atoms. The third-order valence-electron chi connectivity index (χ3n) is 6.03. The first kappa shape index (κ1) is 20.3. The maximum absolute atomic E-state index is 13.3. The molecular formula is C26H19ClN6O. The second kappa shape index (κ2) is 7.60. The summed E-state index contributed by atoms with van der Waals surface area (Å²) in [6.45, 7) is 0. The quantitative estimate of drug-likeness (QED) is 0.341. The fourth-order valence-corrected chi connectivity index (χ4v) is 4.43. The zero-order valence-electron chi connectivity index (χ0n) is 18.2. The molecule has 0 saturated carbocycles. The first-order valence-electron chi connectivity index (χ1n) is 10.7. The highest BCUT2D eigenvalue weighted by Crippen LogP contribution is 2.28. The molecule has 0 spiro atoms. The summed E-state index contributed by atoms with van der Waals surface area (Å²) in [6.07, 6.45) is 3.26. The maximum Gasteiger partial charge on any atom is 0.214 e. The number of nitrogens with one attached hydrogen (secondary N) is 1. The SMILES string of the molecule is Cn1cnc2cc(-n3ncc(C(=O)c4cc5ccc(-c6cccc(Cl)c6)cc5[nH]4)c3N)ccc21. The largest absolute Gasteiger partial charge is 0.383 e. The van der Waals surface area contributed by atoms with E-state index in [-0.39, 0.29) is 11.6 Å². The van der Waals surface area contributed by atoms with Crippen LogP contribution >= 0.6 is 11.6 Å². The molecular weight excluding hydrogens is 448 g/mol. The molecule has 0 unspecified atom stereocenters. The Morgan fingerprint density at radius 2 is 1.88 bits per heavy atom. The molecule has 0 saturated heterocycles. The van der Waals surface area contributed by atoms with E-state index in [1.165, 1.54) is 6.20 Å². The number of hydrogen-bond acceptors (Lipinski definition) is 4. The second-order valence-electron chi connectivity index (χ2n) is 8.21. The highest BCUT2D eigenvalue weighted by atomic mass is 35.5. The molecule has 166 valence electrons. The molecule has 6 aromatic rings. The monoisotopic (exact) mass is 466 g/mol. The number of carbonyl (C=O) groups excluding carboxylic acids is 1. The normalized spacial score (nSPS) is 11.5. The number of nitrogen functional groups attached to an aromatic ring is 1. The fourth-order valence-electron chi connectivity index (χ4n) is 4.24. The summed E-state index contributed by atoms with van der Waals surface area (Å²) in [7, 11) is 1.94. The van der Waals surface area contributed by atoms with Gasteiger partial charge in [0.15, 0.2) is 0 Å². The van der Waals surface area contributed by atoms with Crippen LogP contribution in [0.15, 0.2) is 79.3 Å². The molecule has 7 nitrogen and oxygen atoms in total. The van der Waals surface area contributed by atoms with Crippen molar-refractivity contribution in [1.82, 2.24) is 24.3 Å². The standard InChI is InChI=1S/C26H19ClN6O/c1-32-14-29-22-12-19(7-8-24(22)32)33-26(28)20(13-30-33)25(34)23-11-17-6-5-16(10-21(17)31-23)15-3-2-4-18(27)9-15/h2-14,31H,28H2,1H3. The van der Waals surface area contributed by atoms with Crippen molar-refractivity contribution in [2.45, 2.75) is 0 Å². The smallest absolute Gasteiger partial charge is 0.214 e. The van der Waals surface area contributed by atoms with Crippen LogP contribution in [-0.2, 0) is 7.05 Å². The number of rotatable bonds is 4. The van der Waals surface area contributed by atoms with Crippen LogP contribution in [0, 0.1) is 0 Å². The van der Waals surface area contributed by atoms with Gasteiger partial charge in [-0.3, -0.25) is 4.79 Å². The number of nitrogens with zero attached hydrogens (tertiary/aromatic N) is 4. The Balaban J connectivity index is 1.35. The third kappa shape index (κ3) is 3.25. The minimum Gasteiger partial charge on any atom is -0.383 e. The van der Waals surface area contributed by atoms with Crippen LogP contribution in [0.2, 0.25) is 5.02 Å². The lowest BCUT2D eigenvalue weighted by Gasteiger charge is -2.05. The van der Waals surface area contributed by atoms with Crippen LogP contribution in [0.5, 0.6) is 0 Å². The van der Waals surface area contributed by atoms with Crippen LogP contribution < -0.4 is 5.73 Å². The molecule has 6 rings (SSSR count). The third-order valence-corrected chi connectivity index (χ3v) is 6.26. The highest BCUT2D eigenvalue weighted by molar-refractivity contribution is 6.30. The number of anilines is 1. The van der Waals surface area contributed by atoms with E-state index in [0.29, 0.717) is 16.3 Å². The van der Waals surface area contributed by atoms with Gasteiger partial charge in [0.1, 0.15) is 5.82 Å². The van der Waals surface area contributed by atoms with Gasteiger partial charge in [0, 0.05) is 23.0 Å². The Bertz CT molecular complexity index is 1720. The summed E-state index contributed by atoms with van der Waals surface area (Å²) in [5, 5.41) is 5.98. The number of benzene rings is 3. The lowest BCUT2D eigenvalue weighted by atomic mass is 10.0. The number of carbonyl (C=O) groups is 1. The van der Waals surface area contributed by atoms with E-state index in [9.17, 15) is 4.79 Å². The Morgan fingerprint density at radius 1 is 1.03 bits per heavy atom. The van der Waals surface area contributed by atoms with Gasteiger partial charge in [0.05, 0.1) is 40.5 Å². The predicted molar refractivity (Wildman–Crippen MR) is 134 cm³/mol. The molecule has 8 heteroatoms. The van der Waals surface area contributed by atoms with Crippen molar-refractivity contribution in [3.63, 3.8) is 0 Å². The summed E-state index contributed by atoms with van der Waals surface area (Å²) in [5.41, 5.74) is 12.6. The number of fused-ring (bicyclic) bond motifs is 2. The molecule has 0 aliphatic carbocycles. The minimum absolute atomic E-state index is 0.219. The summed E-state index contributed by atoms with van der Waals surface area (Å²) >= 11 is 6.14. The van der Waals surface area contributed by atoms with Crippen molar-refractivity contribution >= 4 is 45.1 Å². The van der Waals surface area contributed by atoms with Gasteiger partial charge in [-0.2, -0.15) is 5.10 Å². The summed E-state index contributed by atoms with van der Waals surface area (Å²) in [6, 6.07) is 21.2. The van der Waals surface area contributed by atoms with Crippen LogP contribution in [-0.4, -0.2) is 30.1 Å². The molecule has 0 fully saturated rings. The molecule has 0 aliphatic rings. The van der Waals surface area contributed by atoms with Crippen molar-refractivity contribution in [3.05, 3.63) is 95.5 Å². The molecule has 3 N–H and O–H groups in total. The maximum atomic E-state index is 13.3. The molecule has 3 heterocycles. The number of hydrogen-bond donors (Lipinski definition) is 2. The molecule has 0 bridgehead atoms. The zero-order chi connectivity index (χ0) is 23.4. The van der Waals surface area contributed by atoms with Gasteiger partial charge in [0.25, 0.3) is 0 Å². The van der Waals surface area contributed by atoms with E-state index < -0.39 is 0 Å². The molecule has 3 aromatic heterocycles. The number of aryl methyl sites for hydroxylation is 1. The van der Waals surface area contributed by atoms with Gasteiger partial charge in [-0.1, -0.05) is 35.9 Å². The van der Waals surface area contributed by atoms with Gasteiger partial charge in [-0.05, 0) is 53.6 Å². The van der Waals surface area contributed by atoms with E-state index in [4.69, 9.17) is 17.3 Å². The Labute approximate surface area is 199 Å². The van der Waals surface area contributed by atoms with Crippen LogP contribution in [0.3, 0.4) is 0 Å². The van der Waals surface area contributed by atoms with E-state index >= 15 is 0 Å². The van der Waals surface area contributed by atoms with Gasteiger partial charge in [0.2, 0.25) is 5.78 Å². The van der Waals surface area contributed by atoms with Crippen molar-refractivity contribution in [3.8, 4) is 16.8 Å². The van der Waals surface area contributed by atoms with E-state index in [1.807, 2.05) is 78.3 Å². The fraction of sp³-hybridized carbons (Fsp3) is 0.0385.